The van der Waals surface area contributed by atoms with Gasteiger partial charge in [0.2, 0.25) is 0 Å². The first kappa shape index (κ1) is 13.7. The molecule has 1 aromatic heterocycles. The number of thiocarbonyl (C=S) groups is 1. The molecule has 2 N–H and O–H groups in total. The van der Waals surface area contributed by atoms with Gasteiger partial charge in [-0.15, -0.1) is 0 Å². The van der Waals surface area contributed by atoms with Gasteiger partial charge in [-0.1, -0.05) is 0 Å². The molecule has 1 aromatic rings. The summed E-state index contributed by atoms with van der Waals surface area (Å²) in [5.74, 6) is 0. The van der Waals surface area contributed by atoms with Crippen molar-refractivity contribution in [2.24, 2.45) is 0 Å². The summed E-state index contributed by atoms with van der Waals surface area (Å²) in [5, 5.41) is 6.00. The van der Waals surface area contributed by atoms with Crippen molar-refractivity contribution in [2.45, 2.75) is 26.1 Å². The van der Waals surface area contributed by atoms with Gasteiger partial charge < -0.3 is 10.6 Å². The summed E-state index contributed by atoms with van der Waals surface area (Å²) in [6.07, 6.45) is -3.33. The lowest BCUT2D eigenvalue weighted by molar-refractivity contribution is -0.141. The summed E-state index contributed by atoms with van der Waals surface area (Å²) >= 11 is 4.95. The zero-order valence-electron chi connectivity index (χ0n) is 9.30. The van der Waals surface area contributed by atoms with Gasteiger partial charge in [0, 0.05) is 6.04 Å². The lowest BCUT2D eigenvalue weighted by Crippen LogP contribution is -2.33. The van der Waals surface area contributed by atoms with Crippen molar-refractivity contribution in [3.05, 3.63) is 24.0 Å². The molecule has 0 unspecified atom stereocenters. The van der Waals surface area contributed by atoms with Crippen molar-refractivity contribution in [1.29, 1.82) is 0 Å². The van der Waals surface area contributed by atoms with Crippen molar-refractivity contribution in [2.75, 3.05) is 5.32 Å². The quantitative estimate of drug-likeness (QED) is 0.805. The second-order valence-corrected chi connectivity index (χ2v) is 4.09. The van der Waals surface area contributed by atoms with Crippen LogP contribution in [0.5, 0.6) is 0 Å². The summed E-state index contributed by atoms with van der Waals surface area (Å²) in [7, 11) is 0. The van der Waals surface area contributed by atoms with E-state index >= 15 is 0 Å². The average Bonchev–Trinajstić information content (AvgIpc) is 2.15. The van der Waals surface area contributed by atoms with Crippen LogP contribution < -0.4 is 10.6 Å². The Hall–Kier alpha value is -1.37. The summed E-state index contributed by atoms with van der Waals surface area (Å²) in [5.41, 5.74) is -0.512. The first-order valence-electron chi connectivity index (χ1n) is 4.90. The number of nitrogens with one attached hydrogen (secondary N) is 2. The van der Waals surface area contributed by atoms with Crippen LogP contribution in [-0.4, -0.2) is 16.1 Å². The van der Waals surface area contributed by atoms with Crippen LogP contribution >= 0.6 is 12.2 Å². The average molecular weight is 263 g/mol. The van der Waals surface area contributed by atoms with Crippen molar-refractivity contribution < 1.29 is 13.2 Å². The fourth-order valence-electron chi connectivity index (χ4n) is 1.06. The number of hydrogen-bond donors (Lipinski definition) is 2. The first-order valence-corrected chi connectivity index (χ1v) is 5.30. The number of alkyl halides is 3. The van der Waals surface area contributed by atoms with E-state index in [0.29, 0.717) is 10.8 Å². The third-order valence-corrected chi connectivity index (χ3v) is 1.95. The van der Waals surface area contributed by atoms with Crippen LogP contribution in [0.25, 0.3) is 0 Å². The molecule has 0 aromatic carbocycles. The number of hydrogen-bond acceptors (Lipinski definition) is 2. The molecule has 0 aliphatic heterocycles. The van der Waals surface area contributed by atoms with Crippen molar-refractivity contribution in [3.63, 3.8) is 0 Å². The van der Waals surface area contributed by atoms with Gasteiger partial charge in [0.05, 0.1) is 11.9 Å². The number of pyridine rings is 1. The van der Waals surface area contributed by atoms with Crippen LogP contribution in [0.2, 0.25) is 0 Å². The predicted molar refractivity (Wildman–Crippen MR) is 63.7 cm³/mol. The monoisotopic (exact) mass is 263 g/mol. The highest BCUT2D eigenvalue weighted by Gasteiger charge is 2.31. The molecule has 3 nitrogen and oxygen atoms in total. The van der Waals surface area contributed by atoms with Gasteiger partial charge in [0.15, 0.2) is 5.11 Å². The van der Waals surface area contributed by atoms with Gasteiger partial charge in [-0.25, -0.2) is 4.98 Å². The third kappa shape index (κ3) is 4.56. The Bertz CT molecular complexity index is 387. The van der Waals surface area contributed by atoms with Crippen molar-refractivity contribution in [3.8, 4) is 0 Å². The van der Waals surface area contributed by atoms with Crippen molar-refractivity contribution in [1.82, 2.24) is 10.3 Å². The Morgan fingerprint density at radius 3 is 2.41 bits per heavy atom. The van der Waals surface area contributed by atoms with Gasteiger partial charge in [-0.05, 0) is 38.2 Å². The van der Waals surface area contributed by atoms with Crippen LogP contribution in [-0.2, 0) is 6.18 Å². The highest BCUT2D eigenvalue weighted by molar-refractivity contribution is 7.80. The van der Waals surface area contributed by atoms with Crippen molar-refractivity contribution >= 4 is 23.0 Å². The molecule has 0 saturated heterocycles. The molecular formula is C10H12F3N3S. The van der Waals surface area contributed by atoms with Crippen LogP contribution in [0.3, 0.4) is 0 Å². The Morgan fingerprint density at radius 2 is 2.00 bits per heavy atom. The maximum Gasteiger partial charge on any atom is 0.433 e. The van der Waals surface area contributed by atoms with Gasteiger partial charge in [0.25, 0.3) is 0 Å². The topological polar surface area (TPSA) is 37.0 Å². The molecule has 0 aliphatic carbocycles. The Labute approximate surface area is 102 Å². The predicted octanol–water partition coefficient (Wildman–Crippen LogP) is 2.80. The Balaban J connectivity index is 2.66. The molecule has 0 spiro atoms. The van der Waals surface area contributed by atoms with Gasteiger partial charge >= 0.3 is 6.18 Å². The molecule has 0 bridgehead atoms. The molecule has 0 radical (unpaired) electrons. The minimum absolute atomic E-state index is 0.150. The van der Waals surface area contributed by atoms with E-state index in [1.54, 1.807) is 0 Å². The summed E-state index contributed by atoms with van der Waals surface area (Å²) < 4.78 is 36.7. The molecule has 0 amide bonds. The smallest absolute Gasteiger partial charge is 0.360 e. The minimum Gasteiger partial charge on any atom is -0.360 e. The summed E-state index contributed by atoms with van der Waals surface area (Å²) in [6.45, 7) is 3.80. The first-order chi connectivity index (χ1) is 7.79. The van der Waals surface area contributed by atoms with Gasteiger partial charge in [-0.3, -0.25) is 0 Å². The maximum atomic E-state index is 12.2. The lowest BCUT2D eigenvalue weighted by atomic mass is 10.3. The molecule has 0 saturated carbocycles. The number of nitrogens with zero attached hydrogens (tertiary/aromatic N) is 1. The van der Waals surface area contributed by atoms with E-state index in [2.05, 4.69) is 15.6 Å². The second-order valence-electron chi connectivity index (χ2n) is 3.68. The SMILES string of the molecule is CC(C)NC(=S)Nc1ccc(C(F)(F)F)nc1. The molecule has 7 heteroatoms. The van der Waals surface area contributed by atoms with Crippen LogP contribution in [0.1, 0.15) is 19.5 Å². The van der Waals surface area contributed by atoms with Gasteiger partial charge in [-0.2, -0.15) is 13.2 Å². The molecule has 1 heterocycles. The standard InChI is InChI=1S/C10H12F3N3S/c1-6(2)15-9(17)16-7-3-4-8(14-5-7)10(11,12)13/h3-6H,1-2H3,(H2,15,16,17). The highest BCUT2D eigenvalue weighted by Crippen LogP contribution is 2.27. The molecule has 0 aliphatic rings. The number of anilines is 1. The van der Waals surface area contributed by atoms with E-state index in [1.165, 1.54) is 6.07 Å². The number of aromatic nitrogens is 1. The van der Waals surface area contributed by atoms with Crippen LogP contribution in [0.4, 0.5) is 18.9 Å². The zero-order valence-corrected chi connectivity index (χ0v) is 10.1. The van der Waals surface area contributed by atoms with E-state index in [9.17, 15) is 13.2 Å². The molecule has 1 rings (SSSR count). The second kappa shape index (κ2) is 5.31. The molecular weight excluding hydrogens is 251 g/mol. The molecule has 0 atom stereocenters. The Morgan fingerprint density at radius 1 is 1.35 bits per heavy atom. The fraction of sp³-hybridized carbons (Fsp3) is 0.400. The van der Waals surface area contributed by atoms with Crippen LogP contribution in [0, 0.1) is 0 Å². The molecule has 17 heavy (non-hydrogen) atoms. The normalized spacial score (nSPS) is 11.4. The van der Waals surface area contributed by atoms with E-state index in [-0.39, 0.29) is 6.04 Å². The molecule has 0 fully saturated rings. The Kier molecular flexibility index (Phi) is 4.28. The summed E-state index contributed by atoms with van der Waals surface area (Å²) in [6, 6.07) is 2.34. The highest BCUT2D eigenvalue weighted by atomic mass is 32.1. The minimum atomic E-state index is -4.42. The molecule has 94 valence electrons. The van der Waals surface area contributed by atoms with E-state index in [1.807, 2.05) is 13.8 Å². The van der Waals surface area contributed by atoms with Gasteiger partial charge in [0.1, 0.15) is 5.69 Å². The van der Waals surface area contributed by atoms with E-state index in [4.69, 9.17) is 12.2 Å². The maximum absolute atomic E-state index is 12.2. The lowest BCUT2D eigenvalue weighted by Gasteiger charge is -2.13. The largest absolute Gasteiger partial charge is 0.433 e. The van der Waals surface area contributed by atoms with E-state index < -0.39 is 11.9 Å². The van der Waals surface area contributed by atoms with Crippen LogP contribution in [0.15, 0.2) is 18.3 Å². The number of rotatable bonds is 2. The fourth-order valence-corrected chi connectivity index (χ4v) is 1.42. The summed E-state index contributed by atoms with van der Waals surface area (Å²) in [4.78, 5) is 3.31. The third-order valence-electron chi connectivity index (χ3n) is 1.73. The zero-order chi connectivity index (χ0) is 13.1. The van der Waals surface area contributed by atoms with E-state index in [0.717, 1.165) is 12.3 Å². The number of halogens is 3.